The quantitative estimate of drug-likeness (QED) is 0.632. The van der Waals surface area contributed by atoms with E-state index >= 15 is 0 Å². The van der Waals surface area contributed by atoms with Crippen molar-refractivity contribution in [1.82, 2.24) is 0 Å². The summed E-state index contributed by atoms with van der Waals surface area (Å²) < 4.78 is 5.45. The molecular weight excluding hydrogens is 196 g/mol. The Labute approximate surface area is 98.2 Å². The summed E-state index contributed by atoms with van der Waals surface area (Å²) in [7, 11) is 0. The van der Waals surface area contributed by atoms with Gasteiger partial charge in [-0.1, -0.05) is 27.2 Å². The molecule has 1 fully saturated rings. The zero-order valence-corrected chi connectivity index (χ0v) is 10.7. The van der Waals surface area contributed by atoms with Crippen LogP contribution in [0.3, 0.4) is 0 Å². The van der Waals surface area contributed by atoms with Crippen LogP contribution in [-0.4, -0.2) is 0 Å². The summed E-state index contributed by atoms with van der Waals surface area (Å²) in [6.45, 7) is 7.38. The molecule has 1 nitrogen and oxygen atoms in total. The fourth-order valence-electron chi connectivity index (χ4n) is 4.47. The van der Waals surface area contributed by atoms with E-state index in [1.54, 1.807) is 0 Å². The van der Waals surface area contributed by atoms with Gasteiger partial charge in [-0.2, -0.15) is 0 Å². The molecule has 1 heteroatoms. The third-order valence-electron chi connectivity index (χ3n) is 5.29. The SMILES string of the molecule is CC1(C)CCCC2(C)c3cocc3CCC12. The topological polar surface area (TPSA) is 13.1 Å². The number of furan rings is 1. The smallest absolute Gasteiger partial charge is 0.0943 e. The normalized spacial score (nSPS) is 36.6. The van der Waals surface area contributed by atoms with Gasteiger partial charge in [-0.25, -0.2) is 0 Å². The molecule has 1 aromatic rings. The molecule has 0 N–H and O–H groups in total. The monoisotopic (exact) mass is 218 g/mol. The molecule has 0 spiro atoms. The molecule has 0 saturated heterocycles. The molecule has 0 aromatic carbocycles. The van der Waals surface area contributed by atoms with Crippen molar-refractivity contribution in [2.45, 2.75) is 58.3 Å². The van der Waals surface area contributed by atoms with Crippen LogP contribution in [0.1, 0.15) is 57.6 Å². The lowest BCUT2D eigenvalue weighted by Gasteiger charge is -2.53. The minimum atomic E-state index is 0.377. The second-order valence-corrected chi connectivity index (χ2v) is 6.66. The Kier molecular flexibility index (Phi) is 2.05. The van der Waals surface area contributed by atoms with E-state index in [1.165, 1.54) is 43.2 Å². The molecular formula is C15H22O. The highest BCUT2D eigenvalue weighted by Crippen LogP contribution is 2.57. The maximum absolute atomic E-state index is 5.45. The number of hydrogen-bond donors (Lipinski definition) is 0. The molecule has 2 aliphatic rings. The minimum absolute atomic E-state index is 0.377. The molecule has 16 heavy (non-hydrogen) atoms. The van der Waals surface area contributed by atoms with Crippen molar-refractivity contribution < 1.29 is 4.42 Å². The highest BCUT2D eigenvalue weighted by molar-refractivity contribution is 5.35. The van der Waals surface area contributed by atoms with Gasteiger partial charge in [0.25, 0.3) is 0 Å². The average molecular weight is 218 g/mol. The first kappa shape index (κ1) is 10.4. The Hall–Kier alpha value is -0.720. The Morgan fingerprint density at radius 3 is 2.81 bits per heavy atom. The first-order valence-corrected chi connectivity index (χ1v) is 6.60. The van der Waals surface area contributed by atoms with Crippen LogP contribution in [-0.2, 0) is 11.8 Å². The Morgan fingerprint density at radius 2 is 2.00 bits per heavy atom. The molecule has 2 atom stereocenters. The molecule has 0 bridgehead atoms. The Bertz CT molecular complexity index is 401. The number of aryl methyl sites for hydroxylation is 1. The summed E-state index contributed by atoms with van der Waals surface area (Å²) >= 11 is 0. The van der Waals surface area contributed by atoms with Gasteiger partial charge in [0.1, 0.15) is 0 Å². The first-order valence-electron chi connectivity index (χ1n) is 6.60. The highest BCUT2D eigenvalue weighted by atomic mass is 16.3. The fraction of sp³-hybridized carbons (Fsp3) is 0.733. The average Bonchev–Trinajstić information content (AvgIpc) is 2.65. The first-order chi connectivity index (χ1) is 7.54. The van der Waals surface area contributed by atoms with Crippen LogP contribution in [0.15, 0.2) is 16.9 Å². The summed E-state index contributed by atoms with van der Waals surface area (Å²) in [5, 5.41) is 0. The van der Waals surface area contributed by atoms with E-state index in [0.29, 0.717) is 10.8 Å². The van der Waals surface area contributed by atoms with Gasteiger partial charge in [-0.15, -0.1) is 0 Å². The lowest BCUT2D eigenvalue weighted by atomic mass is 9.51. The van der Waals surface area contributed by atoms with E-state index in [1.807, 2.05) is 12.5 Å². The van der Waals surface area contributed by atoms with Crippen LogP contribution < -0.4 is 0 Å². The lowest BCUT2D eigenvalue weighted by Crippen LogP contribution is -2.47. The van der Waals surface area contributed by atoms with Crippen molar-refractivity contribution in [1.29, 1.82) is 0 Å². The van der Waals surface area contributed by atoms with E-state index < -0.39 is 0 Å². The molecule has 0 aliphatic heterocycles. The van der Waals surface area contributed by atoms with Crippen LogP contribution >= 0.6 is 0 Å². The maximum atomic E-state index is 5.45. The summed E-state index contributed by atoms with van der Waals surface area (Å²) in [5.41, 5.74) is 3.86. The van der Waals surface area contributed by atoms with Crippen molar-refractivity contribution in [3.63, 3.8) is 0 Å². The van der Waals surface area contributed by atoms with E-state index in [9.17, 15) is 0 Å². The van der Waals surface area contributed by atoms with E-state index in [-0.39, 0.29) is 0 Å². The van der Waals surface area contributed by atoms with Crippen molar-refractivity contribution in [2.24, 2.45) is 11.3 Å². The largest absolute Gasteiger partial charge is 0.472 e. The van der Waals surface area contributed by atoms with Crippen molar-refractivity contribution in [2.75, 3.05) is 0 Å². The van der Waals surface area contributed by atoms with Gasteiger partial charge in [0, 0.05) is 0 Å². The molecule has 2 unspecified atom stereocenters. The standard InChI is InChI=1S/C15H22O/c1-14(2)7-4-8-15(3)12-10-16-9-11(12)5-6-13(14)15/h9-10,13H,4-8H2,1-3H3. The Morgan fingerprint density at radius 1 is 1.19 bits per heavy atom. The lowest BCUT2D eigenvalue weighted by molar-refractivity contribution is 0.0409. The fourth-order valence-corrected chi connectivity index (χ4v) is 4.47. The van der Waals surface area contributed by atoms with Gasteiger partial charge >= 0.3 is 0 Å². The minimum Gasteiger partial charge on any atom is -0.472 e. The molecule has 0 amide bonds. The van der Waals surface area contributed by atoms with E-state index in [4.69, 9.17) is 4.42 Å². The summed E-state index contributed by atoms with van der Waals surface area (Å²) in [6, 6.07) is 0. The Balaban J connectivity index is 2.09. The van der Waals surface area contributed by atoms with Crippen molar-refractivity contribution in [3.05, 3.63) is 23.7 Å². The molecule has 88 valence electrons. The molecule has 1 aromatic heterocycles. The van der Waals surface area contributed by atoms with E-state index in [2.05, 4.69) is 20.8 Å². The summed E-state index contributed by atoms with van der Waals surface area (Å²) in [6.07, 6.45) is 10.6. The van der Waals surface area contributed by atoms with Gasteiger partial charge in [0.2, 0.25) is 0 Å². The molecule has 1 heterocycles. The van der Waals surface area contributed by atoms with Gasteiger partial charge in [-0.05, 0) is 53.6 Å². The van der Waals surface area contributed by atoms with Gasteiger partial charge in [0.05, 0.1) is 12.5 Å². The maximum Gasteiger partial charge on any atom is 0.0943 e. The highest BCUT2D eigenvalue weighted by Gasteiger charge is 2.50. The number of rotatable bonds is 0. The third kappa shape index (κ3) is 1.23. The second-order valence-electron chi connectivity index (χ2n) is 6.66. The second kappa shape index (κ2) is 3.15. The summed E-state index contributed by atoms with van der Waals surface area (Å²) in [4.78, 5) is 0. The zero-order valence-electron chi connectivity index (χ0n) is 10.7. The van der Waals surface area contributed by atoms with Crippen LogP contribution in [0.2, 0.25) is 0 Å². The number of fused-ring (bicyclic) bond motifs is 3. The van der Waals surface area contributed by atoms with Crippen LogP contribution in [0, 0.1) is 11.3 Å². The van der Waals surface area contributed by atoms with E-state index in [0.717, 1.165) is 5.92 Å². The zero-order chi connectivity index (χ0) is 11.4. The predicted molar refractivity (Wildman–Crippen MR) is 65.5 cm³/mol. The van der Waals surface area contributed by atoms with Crippen LogP contribution in [0.4, 0.5) is 0 Å². The molecule has 2 aliphatic carbocycles. The van der Waals surface area contributed by atoms with Crippen molar-refractivity contribution in [3.8, 4) is 0 Å². The van der Waals surface area contributed by atoms with Crippen LogP contribution in [0.5, 0.6) is 0 Å². The summed E-state index contributed by atoms with van der Waals surface area (Å²) in [5.74, 6) is 0.832. The number of hydrogen-bond acceptors (Lipinski definition) is 1. The third-order valence-corrected chi connectivity index (χ3v) is 5.29. The predicted octanol–water partition coefficient (Wildman–Crippen LogP) is 4.31. The molecule has 3 rings (SSSR count). The van der Waals surface area contributed by atoms with Gasteiger partial charge in [0.15, 0.2) is 0 Å². The molecule has 0 radical (unpaired) electrons. The van der Waals surface area contributed by atoms with Crippen LogP contribution in [0.25, 0.3) is 0 Å². The van der Waals surface area contributed by atoms with Crippen molar-refractivity contribution >= 4 is 0 Å². The molecule has 1 saturated carbocycles. The van der Waals surface area contributed by atoms with Gasteiger partial charge in [-0.3, -0.25) is 0 Å². The van der Waals surface area contributed by atoms with Gasteiger partial charge < -0.3 is 4.42 Å².